The number of nitrogens with zero attached hydrogens (tertiary/aromatic N) is 3. The average molecular weight is 309 g/mol. The number of rotatable bonds is 5. The molecule has 1 aromatic carbocycles. The van der Waals surface area contributed by atoms with Crippen molar-refractivity contribution in [3.63, 3.8) is 0 Å². The first-order valence-corrected chi connectivity index (χ1v) is 7.03. The van der Waals surface area contributed by atoms with Crippen LogP contribution in [-0.4, -0.2) is 27.8 Å². The number of carbonyl (C=O) groups is 1. The molecular weight excluding hydrogens is 294 g/mol. The van der Waals surface area contributed by atoms with Crippen molar-refractivity contribution >= 4 is 5.97 Å². The standard InChI is InChI=1S/C17H15N3O3/c1-22-17(21)14-7-9-18-15(11-14)20-10-8-16(19-20)23-12-13-5-3-2-4-6-13/h2-11H,12H2,1H3. The van der Waals surface area contributed by atoms with Gasteiger partial charge in [0.2, 0.25) is 5.88 Å². The quantitative estimate of drug-likeness (QED) is 0.678. The van der Waals surface area contributed by atoms with E-state index < -0.39 is 5.97 Å². The summed E-state index contributed by atoms with van der Waals surface area (Å²) in [6, 6.07) is 14.8. The van der Waals surface area contributed by atoms with Gasteiger partial charge >= 0.3 is 5.97 Å². The Morgan fingerprint density at radius 1 is 1.17 bits per heavy atom. The van der Waals surface area contributed by atoms with Crippen molar-refractivity contribution in [1.82, 2.24) is 14.8 Å². The second kappa shape index (κ2) is 6.74. The fourth-order valence-corrected chi connectivity index (χ4v) is 2.03. The lowest BCUT2D eigenvalue weighted by molar-refractivity contribution is 0.0600. The molecule has 0 atom stereocenters. The smallest absolute Gasteiger partial charge is 0.338 e. The third-order valence-electron chi connectivity index (χ3n) is 3.20. The molecule has 0 fully saturated rings. The number of ether oxygens (including phenoxy) is 2. The molecule has 0 spiro atoms. The van der Waals surface area contributed by atoms with E-state index in [-0.39, 0.29) is 0 Å². The third-order valence-corrected chi connectivity index (χ3v) is 3.20. The predicted octanol–water partition coefficient (Wildman–Crippen LogP) is 2.63. The maximum absolute atomic E-state index is 11.6. The van der Waals surface area contributed by atoms with Gasteiger partial charge in [0, 0.05) is 18.5 Å². The molecule has 0 bridgehead atoms. The van der Waals surface area contributed by atoms with Gasteiger partial charge in [-0.25, -0.2) is 14.5 Å². The van der Waals surface area contributed by atoms with E-state index in [1.807, 2.05) is 30.3 Å². The molecule has 23 heavy (non-hydrogen) atoms. The zero-order chi connectivity index (χ0) is 16.1. The van der Waals surface area contributed by atoms with Crippen LogP contribution < -0.4 is 4.74 Å². The second-order valence-corrected chi connectivity index (χ2v) is 4.77. The van der Waals surface area contributed by atoms with Crippen LogP contribution in [0.2, 0.25) is 0 Å². The Hall–Kier alpha value is -3.15. The molecule has 3 rings (SSSR count). The first-order chi connectivity index (χ1) is 11.3. The number of carbonyl (C=O) groups excluding carboxylic acids is 1. The summed E-state index contributed by atoms with van der Waals surface area (Å²) in [7, 11) is 1.34. The van der Waals surface area contributed by atoms with Gasteiger partial charge in [0.05, 0.1) is 12.7 Å². The van der Waals surface area contributed by atoms with Crippen LogP contribution in [0.3, 0.4) is 0 Å². The lowest BCUT2D eigenvalue weighted by Crippen LogP contribution is -2.05. The van der Waals surface area contributed by atoms with Gasteiger partial charge < -0.3 is 9.47 Å². The molecule has 6 heteroatoms. The van der Waals surface area contributed by atoms with E-state index in [1.165, 1.54) is 13.3 Å². The molecule has 0 aliphatic rings. The molecule has 2 aromatic heterocycles. The number of benzene rings is 1. The van der Waals surface area contributed by atoms with Crippen LogP contribution in [0, 0.1) is 0 Å². The first kappa shape index (κ1) is 14.8. The zero-order valence-electron chi connectivity index (χ0n) is 12.5. The third kappa shape index (κ3) is 3.55. The molecular formula is C17H15N3O3. The van der Waals surface area contributed by atoms with Crippen LogP contribution in [0.25, 0.3) is 5.82 Å². The zero-order valence-corrected chi connectivity index (χ0v) is 12.5. The summed E-state index contributed by atoms with van der Waals surface area (Å²) < 4.78 is 11.9. The minimum atomic E-state index is -0.415. The van der Waals surface area contributed by atoms with Crippen molar-refractivity contribution in [1.29, 1.82) is 0 Å². The Balaban J connectivity index is 1.73. The molecule has 0 saturated carbocycles. The highest BCUT2D eigenvalue weighted by atomic mass is 16.5. The summed E-state index contributed by atoms with van der Waals surface area (Å²) in [5.74, 6) is 0.586. The summed E-state index contributed by atoms with van der Waals surface area (Å²) in [5.41, 5.74) is 1.48. The van der Waals surface area contributed by atoms with Crippen LogP contribution in [0.4, 0.5) is 0 Å². The number of methoxy groups -OCH3 is 1. The van der Waals surface area contributed by atoms with Crippen molar-refractivity contribution in [3.05, 3.63) is 72.1 Å². The molecule has 0 aliphatic heterocycles. The maximum Gasteiger partial charge on any atom is 0.338 e. The van der Waals surface area contributed by atoms with E-state index in [9.17, 15) is 4.79 Å². The van der Waals surface area contributed by atoms with Crippen LogP contribution in [0.5, 0.6) is 5.88 Å². The number of esters is 1. The molecule has 0 aliphatic carbocycles. The Morgan fingerprint density at radius 3 is 2.78 bits per heavy atom. The van der Waals surface area contributed by atoms with Gasteiger partial charge in [-0.3, -0.25) is 0 Å². The van der Waals surface area contributed by atoms with Crippen LogP contribution >= 0.6 is 0 Å². The van der Waals surface area contributed by atoms with Crippen LogP contribution in [0.1, 0.15) is 15.9 Å². The molecule has 116 valence electrons. The number of pyridine rings is 1. The minimum Gasteiger partial charge on any atom is -0.472 e. The Bertz CT molecular complexity index is 800. The average Bonchev–Trinajstić information content (AvgIpc) is 3.09. The van der Waals surface area contributed by atoms with Gasteiger partial charge in [-0.1, -0.05) is 30.3 Å². The van der Waals surface area contributed by atoms with Crippen molar-refractivity contribution < 1.29 is 14.3 Å². The van der Waals surface area contributed by atoms with Crippen LogP contribution in [0.15, 0.2) is 60.9 Å². The van der Waals surface area contributed by atoms with Gasteiger partial charge in [0.1, 0.15) is 6.61 Å². The van der Waals surface area contributed by atoms with Gasteiger partial charge in [-0.15, -0.1) is 5.10 Å². The second-order valence-electron chi connectivity index (χ2n) is 4.77. The van der Waals surface area contributed by atoms with E-state index in [1.54, 1.807) is 29.1 Å². The topological polar surface area (TPSA) is 66.2 Å². The Labute approximate surface area is 133 Å². The van der Waals surface area contributed by atoms with Gasteiger partial charge in [0.15, 0.2) is 5.82 Å². The summed E-state index contributed by atoms with van der Waals surface area (Å²) >= 11 is 0. The molecule has 0 radical (unpaired) electrons. The predicted molar refractivity (Wildman–Crippen MR) is 83.5 cm³/mol. The number of hydrogen-bond acceptors (Lipinski definition) is 5. The van der Waals surface area contributed by atoms with E-state index in [2.05, 4.69) is 10.1 Å². The highest BCUT2D eigenvalue weighted by molar-refractivity contribution is 5.89. The SMILES string of the molecule is COC(=O)c1ccnc(-n2ccc(OCc3ccccc3)n2)c1. The normalized spacial score (nSPS) is 10.3. The largest absolute Gasteiger partial charge is 0.472 e. The lowest BCUT2D eigenvalue weighted by Gasteiger charge is -2.04. The molecule has 0 saturated heterocycles. The van der Waals surface area contributed by atoms with Gasteiger partial charge in [0.25, 0.3) is 0 Å². The summed E-state index contributed by atoms with van der Waals surface area (Å²) in [4.78, 5) is 15.8. The van der Waals surface area contributed by atoms with Crippen molar-refractivity contribution in [2.24, 2.45) is 0 Å². The minimum absolute atomic E-state index is 0.415. The highest BCUT2D eigenvalue weighted by Crippen LogP contribution is 2.13. The summed E-state index contributed by atoms with van der Waals surface area (Å²) in [6.07, 6.45) is 3.26. The fraction of sp³-hybridized carbons (Fsp3) is 0.118. The Morgan fingerprint density at radius 2 is 2.00 bits per heavy atom. The first-order valence-electron chi connectivity index (χ1n) is 7.03. The van der Waals surface area contributed by atoms with Crippen molar-refractivity contribution in [2.45, 2.75) is 6.61 Å². The molecule has 2 heterocycles. The summed E-state index contributed by atoms with van der Waals surface area (Å²) in [5, 5.41) is 4.30. The van der Waals surface area contributed by atoms with Gasteiger partial charge in [-0.05, 0) is 17.7 Å². The lowest BCUT2D eigenvalue weighted by atomic mass is 10.2. The number of aromatic nitrogens is 3. The van der Waals surface area contributed by atoms with Crippen molar-refractivity contribution in [3.8, 4) is 11.7 Å². The van der Waals surface area contributed by atoms with E-state index in [0.717, 1.165) is 5.56 Å². The Kier molecular flexibility index (Phi) is 4.33. The van der Waals surface area contributed by atoms with E-state index in [4.69, 9.17) is 9.47 Å². The van der Waals surface area contributed by atoms with E-state index in [0.29, 0.717) is 23.9 Å². The fourth-order valence-electron chi connectivity index (χ4n) is 2.03. The molecule has 3 aromatic rings. The molecule has 6 nitrogen and oxygen atoms in total. The molecule has 0 unspecified atom stereocenters. The molecule has 0 amide bonds. The summed E-state index contributed by atoms with van der Waals surface area (Å²) in [6.45, 7) is 0.438. The van der Waals surface area contributed by atoms with Gasteiger partial charge in [-0.2, -0.15) is 0 Å². The molecule has 0 N–H and O–H groups in total. The monoisotopic (exact) mass is 309 g/mol. The maximum atomic E-state index is 11.6. The number of hydrogen-bond donors (Lipinski definition) is 0. The van der Waals surface area contributed by atoms with Crippen molar-refractivity contribution in [2.75, 3.05) is 7.11 Å². The van der Waals surface area contributed by atoms with Crippen LogP contribution in [-0.2, 0) is 11.3 Å². The highest BCUT2D eigenvalue weighted by Gasteiger charge is 2.09. The van der Waals surface area contributed by atoms with E-state index >= 15 is 0 Å².